The van der Waals surface area contributed by atoms with Crippen molar-refractivity contribution in [2.45, 2.75) is 64.3 Å². The molecule has 3 rings (SSSR count). The molecule has 0 saturated heterocycles. The minimum atomic E-state index is -0.817. The van der Waals surface area contributed by atoms with E-state index >= 15 is 0 Å². The van der Waals surface area contributed by atoms with Crippen LogP contribution in [-0.2, 0) is 16.0 Å². The zero-order chi connectivity index (χ0) is 19.9. The predicted octanol–water partition coefficient (Wildman–Crippen LogP) is 4.12. The Hall–Kier alpha value is -2.63. The molecule has 2 atom stereocenters. The molecular weight excluding hydrogens is 356 g/mol. The SMILES string of the molecule is Cc1ccc(-c2cnc(CCC(=O)NC3CCCCCCC3C(=O)O)o2)cc1. The number of carboxylic acids is 1. The molecule has 1 amide bonds. The number of aliphatic carboxylic acids is 1. The van der Waals surface area contributed by atoms with Crippen LogP contribution in [0, 0.1) is 12.8 Å². The molecule has 1 saturated carbocycles. The van der Waals surface area contributed by atoms with Crippen LogP contribution in [0.2, 0.25) is 0 Å². The van der Waals surface area contributed by atoms with Crippen molar-refractivity contribution in [3.8, 4) is 11.3 Å². The minimum Gasteiger partial charge on any atom is -0.481 e. The number of oxazole rings is 1. The zero-order valence-corrected chi connectivity index (χ0v) is 16.3. The third-order valence-corrected chi connectivity index (χ3v) is 5.39. The largest absolute Gasteiger partial charge is 0.481 e. The number of carbonyl (C=O) groups excluding carboxylic acids is 1. The number of amides is 1. The van der Waals surface area contributed by atoms with Crippen LogP contribution in [0.25, 0.3) is 11.3 Å². The lowest BCUT2D eigenvalue weighted by Gasteiger charge is -2.27. The first-order valence-electron chi connectivity index (χ1n) is 10.1. The van der Waals surface area contributed by atoms with Gasteiger partial charge in [0.2, 0.25) is 5.91 Å². The van der Waals surface area contributed by atoms with Gasteiger partial charge in [-0.1, -0.05) is 55.5 Å². The van der Waals surface area contributed by atoms with Crippen molar-refractivity contribution in [1.29, 1.82) is 0 Å². The highest BCUT2D eigenvalue weighted by Crippen LogP contribution is 2.24. The fourth-order valence-corrected chi connectivity index (χ4v) is 3.73. The van der Waals surface area contributed by atoms with Crippen LogP contribution < -0.4 is 5.32 Å². The topological polar surface area (TPSA) is 92.4 Å². The van der Waals surface area contributed by atoms with Crippen molar-refractivity contribution in [3.05, 3.63) is 41.9 Å². The van der Waals surface area contributed by atoms with Crippen LogP contribution in [0.5, 0.6) is 0 Å². The molecule has 2 N–H and O–H groups in total. The molecule has 1 aromatic carbocycles. The second-order valence-corrected chi connectivity index (χ2v) is 7.59. The number of nitrogens with zero attached hydrogens (tertiary/aromatic N) is 1. The summed E-state index contributed by atoms with van der Waals surface area (Å²) in [7, 11) is 0. The summed E-state index contributed by atoms with van der Waals surface area (Å²) < 4.78 is 5.76. The van der Waals surface area contributed by atoms with E-state index in [1.54, 1.807) is 6.20 Å². The monoisotopic (exact) mass is 384 g/mol. The van der Waals surface area contributed by atoms with Crippen LogP contribution in [0.3, 0.4) is 0 Å². The number of nitrogens with one attached hydrogen (secondary N) is 1. The van der Waals surface area contributed by atoms with Gasteiger partial charge in [-0.15, -0.1) is 0 Å². The number of carbonyl (C=O) groups is 2. The Bertz CT molecular complexity index is 797. The van der Waals surface area contributed by atoms with Gasteiger partial charge in [-0.25, -0.2) is 4.98 Å². The van der Waals surface area contributed by atoms with Gasteiger partial charge in [0, 0.05) is 24.4 Å². The Morgan fingerprint density at radius 3 is 2.57 bits per heavy atom. The van der Waals surface area contributed by atoms with Gasteiger partial charge in [0.1, 0.15) is 0 Å². The second-order valence-electron chi connectivity index (χ2n) is 7.59. The molecule has 1 aliphatic carbocycles. The van der Waals surface area contributed by atoms with Gasteiger partial charge in [-0.05, 0) is 19.8 Å². The first-order chi connectivity index (χ1) is 13.5. The van der Waals surface area contributed by atoms with E-state index in [2.05, 4.69) is 10.3 Å². The molecule has 150 valence electrons. The molecule has 1 fully saturated rings. The number of hydrogen-bond donors (Lipinski definition) is 2. The second kappa shape index (κ2) is 9.53. The summed E-state index contributed by atoms with van der Waals surface area (Å²) in [6, 6.07) is 7.69. The summed E-state index contributed by atoms with van der Waals surface area (Å²) in [5.74, 6) is -0.270. The number of aryl methyl sites for hydroxylation is 2. The first-order valence-corrected chi connectivity index (χ1v) is 10.1. The van der Waals surface area contributed by atoms with Crippen molar-refractivity contribution >= 4 is 11.9 Å². The highest BCUT2D eigenvalue weighted by molar-refractivity contribution is 5.78. The van der Waals surface area contributed by atoms with Crippen molar-refractivity contribution < 1.29 is 19.1 Å². The standard InChI is InChI=1S/C22H28N2O4/c1-15-8-10-16(11-9-15)19-14-23-21(28-19)13-12-20(25)24-18-7-5-3-2-4-6-17(18)22(26)27/h8-11,14,17-18H,2-7,12-13H2,1H3,(H,24,25)(H,26,27). The molecule has 28 heavy (non-hydrogen) atoms. The quantitative estimate of drug-likeness (QED) is 0.781. The Morgan fingerprint density at radius 1 is 1.14 bits per heavy atom. The zero-order valence-electron chi connectivity index (χ0n) is 16.3. The molecule has 2 unspecified atom stereocenters. The fourth-order valence-electron chi connectivity index (χ4n) is 3.73. The van der Waals surface area contributed by atoms with Gasteiger partial charge in [0.25, 0.3) is 0 Å². The van der Waals surface area contributed by atoms with Gasteiger partial charge in [-0.2, -0.15) is 0 Å². The average Bonchev–Trinajstić information content (AvgIpc) is 3.11. The van der Waals surface area contributed by atoms with Crippen molar-refractivity contribution in [1.82, 2.24) is 10.3 Å². The lowest BCUT2D eigenvalue weighted by atomic mass is 9.86. The van der Waals surface area contributed by atoms with Crippen LogP contribution in [-0.4, -0.2) is 28.0 Å². The van der Waals surface area contributed by atoms with Crippen LogP contribution in [0.1, 0.15) is 56.4 Å². The summed E-state index contributed by atoms with van der Waals surface area (Å²) in [5, 5.41) is 12.4. The summed E-state index contributed by atoms with van der Waals surface area (Å²) in [5.41, 5.74) is 2.13. The van der Waals surface area contributed by atoms with Crippen molar-refractivity contribution in [3.63, 3.8) is 0 Å². The predicted molar refractivity (Wildman–Crippen MR) is 106 cm³/mol. The van der Waals surface area contributed by atoms with E-state index in [4.69, 9.17) is 4.42 Å². The maximum absolute atomic E-state index is 12.4. The van der Waals surface area contributed by atoms with E-state index in [0.29, 0.717) is 24.5 Å². The number of hydrogen-bond acceptors (Lipinski definition) is 4. The average molecular weight is 384 g/mol. The minimum absolute atomic E-state index is 0.146. The Kier molecular flexibility index (Phi) is 6.85. The number of carboxylic acid groups (broad SMARTS) is 1. The van der Waals surface area contributed by atoms with Gasteiger partial charge < -0.3 is 14.8 Å². The van der Waals surface area contributed by atoms with Crippen molar-refractivity contribution in [2.24, 2.45) is 5.92 Å². The van der Waals surface area contributed by atoms with Gasteiger partial charge in [-0.3, -0.25) is 9.59 Å². The third-order valence-electron chi connectivity index (χ3n) is 5.39. The molecule has 1 aliphatic rings. The van der Waals surface area contributed by atoms with Crippen LogP contribution >= 0.6 is 0 Å². The fraction of sp³-hybridized carbons (Fsp3) is 0.500. The van der Waals surface area contributed by atoms with E-state index < -0.39 is 11.9 Å². The summed E-state index contributed by atoms with van der Waals surface area (Å²) in [6.07, 6.45) is 7.66. The summed E-state index contributed by atoms with van der Waals surface area (Å²) in [4.78, 5) is 28.2. The normalized spacial score (nSPS) is 20.2. The smallest absolute Gasteiger partial charge is 0.308 e. The van der Waals surface area contributed by atoms with Crippen molar-refractivity contribution in [2.75, 3.05) is 0 Å². The number of benzene rings is 1. The molecule has 0 aliphatic heterocycles. The van der Waals surface area contributed by atoms with E-state index in [0.717, 1.165) is 37.7 Å². The Balaban J connectivity index is 1.54. The summed E-state index contributed by atoms with van der Waals surface area (Å²) in [6.45, 7) is 2.03. The lowest BCUT2D eigenvalue weighted by molar-refractivity contribution is -0.143. The molecule has 1 aromatic heterocycles. The molecular formula is C22H28N2O4. The first kappa shape index (κ1) is 20.1. The van der Waals surface area contributed by atoms with Gasteiger partial charge in [0.05, 0.1) is 12.1 Å². The lowest BCUT2D eigenvalue weighted by Crippen LogP contribution is -2.44. The van der Waals surface area contributed by atoms with E-state index in [1.165, 1.54) is 5.56 Å². The molecule has 0 spiro atoms. The maximum Gasteiger partial charge on any atom is 0.308 e. The summed E-state index contributed by atoms with van der Waals surface area (Å²) >= 11 is 0. The van der Waals surface area contributed by atoms with Gasteiger partial charge in [0.15, 0.2) is 11.7 Å². The van der Waals surface area contributed by atoms with Crippen LogP contribution in [0.15, 0.2) is 34.9 Å². The molecule has 6 heteroatoms. The molecule has 0 radical (unpaired) electrons. The number of aromatic nitrogens is 1. The number of rotatable bonds is 6. The third kappa shape index (κ3) is 5.44. The van der Waals surface area contributed by atoms with E-state index in [9.17, 15) is 14.7 Å². The highest BCUT2D eigenvalue weighted by Gasteiger charge is 2.29. The van der Waals surface area contributed by atoms with Crippen LogP contribution in [0.4, 0.5) is 0 Å². The van der Waals surface area contributed by atoms with E-state index in [1.807, 2.05) is 31.2 Å². The molecule has 2 aromatic rings. The molecule has 0 bridgehead atoms. The molecule has 1 heterocycles. The Morgan fingerprint density at radius 2 is 1.86 bits per heavy atom. The maximum atomic E-state index is 12.4. The molecule has 6 nitrogen and oxygen atoms in total. The Labute approximate surface area is 165 Å². The van der Waals surface area contributed by atoms with Gasteiger partial charge >= 0.3 is 5.97 Å². The highest BCUT2D eigenvalue weighted by atomic mass is 16.4. The van der Waals surface area contributed by atoms with E-state index in [-0.39, 0.29) is 18.4 Å².